The van der Waals surface area contributed by atoms with Gasteiger partial charge in [-0.3, -0.25) is 9.69 Å². The first-order valence-electron chi connectivity index (χ1n) is 10.1. The first-order chi connectivity index (χ1) is 14.5. The van der Waals surface area contributed by atoms with Gasteiger partial charge in [0.15, 0.2) is 0 Å². The highest BCUT2D eigenvalue weighted by Crippen LogP contribution is 2.39. The molecule has 0 N–H and O–H groups in total. The van der Waals surface area contributed by atoms with Gasteiger partial charge in [0.05, 0.1) is 12.7 Å². The maximum atomic E-state index is 12.1. The molecule has 1 atom stereocenters. The number of hydrogen-bond donors (Lipinski definition) is 0. The molecule has 0 spiro atoms. The van der Waals surface area contributed by atoms with Gasteiger partial charge < -0.3 is 13.9 Å². The van der Waals surface area contributed by atoms with Gasteiger partial charge >= 0.3 is 11.6 Å². The number of methoxy groups -OCH3 is 1. The minimum atomic E-state index is -0.377. The number of carbonyl (C=O) groups excluding carboxylic acids is 1. The third kappa shape index (κ3) is 3.83. The molecule has 0 bridgehead atoms. The molecule has 1 aromatic heterocycles. The summed E-state index contributed by atoms with van der Waals surface area (Å²) in [4.78, 5) is 26.0. The lowest BCUT2D eigenvalue weighted by atomic mass is 9.97. The van der Waals surface area contributed by atoms with Crippen molar-refractivity contribution in [1.29, 1.82) is 0 Å². The van der Waals surface area contributed by atoms with Crippen molar-refractivity contribution < 1.29 is 18.7 Å². The van der Waals surface area contributed by atoms with Crippen LogP contribution in [-0.2, 0) is 22.5 Å². The summed E-state index contributed by atoms with van der Waals surface area (Å²) in [5.41, 5.74) is 3.98. The Hall–Kier alpha value is -3.12. The molecule has 3 aromatic rings. The topological polar surface area (TPSA) is 69.0 Å². The second-order valence-corrected chi connectivity index (χ2v) is 7.65. The maximum Gasteiger partial charge on any atom is 0.336 e. The standard InChI is InChI=1S/C24H25NO5/c1-15-11-22(27)30-24-19(15)12-18(9-10-21(26)28-3)23-20(24)13-25(14-29-23)16(2)17-7-5-4-6-8-17/h4-8,11-12,16H,9-10,13-14H2,1-3H3. The number of ether oxygens (including phenoxy) is 2. The molecule has 0 radical (unpaired) electrons. The van der Waals surface area contributed by atoms with Gasteiger partial charge in [-0.15, -0.1) is 0 Å². The van der Waals surface area contributed by atoms with Gasteiger partial charge in [0.1, 0.15) is 18.1 Å². The molecule has 1 unspecified atom stereocenters. The van der Waals surface area contributed by atoms with E-state index in [1.165, 1.54) is 18.7 Å². The van der Waals surface area contributed by atoms with Gasteiger partial charge in [0.25, 0.3) is 0 Å². The second-order valence-electron chi connectivity index (χ2n) is 7.65. The van der Waals surface area contributed by atoms with Crippen LogP contribution in [0.15, 0.2) is 51.7 Å². The monoisotopic (exact) mass is 407 g/mol. The average Bonchev–Trinajstić information content (AvgIpc) is 2.77. The van der Waals surface area contributed by atoms with E-state index in [9.17, 15) is 9.59 Å². The van der Waals surface area contributed by atoms with Crippen LogP contribution < -0.4 is 10.4 Å². The Bertz CT molecular complexity index is 1140. The Morgan fingerprint density at radius 1 is 1.23 bits per heavy atom. The van der Waals surface area contributed by atoms with Crippen LogP contribution in [0.25, 0.3) is 11.0 Å². The van der Waals surface area contributed by atoms with Crippen LogP contribution in [0.4, 0.5) is 0 Å². The van der Waals surface area contributed by atoms with Crippen LogP contribution in [0.1, 0.15) is 41.6 Å². The van der Waals surface area contributed by atoms with Crippen molar-refractivity contribution in [2.45, 2.75) is 39.3 Å². The molecular formula is C24H25NO5. The van der Waals surface area contributed by atoms with Crippen LogP contribution in [-0.4, -0.2) is 24.7 Å². The molecule has 2 aromatic carbocycles. The normalized spacial score (nSPS) is 14.8. The zero-order valence-electron chi connectivity index (χ0n) is 17.4. The molecule has 0 saturated heterocycles. The van der Waals surface area contributed by atoms with Crippen molar-refractivity contribution in [3.05, 3.63) is 75.1 Å². The molecule has 4 rings (SSSR count). The predicted octanol–water partition coefficient (Wildman–Crippen LogP) is 4.12. The molecule has 156 valence electrons. The molecule has 2 heterocycles. The Labute approximate surface area is 175 Å². The van der Waals surface area contributed by atoms with E-state index in [0.29, 0.717) is 31.0 Å². The lowest BCUT2D eigenvalue weighted by Gasteiger charge is -2.35. The van der Waals surface area contributed by atoms with Crippen molar-refractivity contribution >= 4 is 16.9 Å². The van der Waals surface area contributed by atoms with Crippen molar-refractivity contribution in [3.8, 4) is 5.75 Å². The van der Waals surface area contributed by atoms with E-state index in [-0.39, 0.29) is 24.1 Å². The molecule has 0 fully saturated rings. The first-order valence-corrected chi connectivity index (χ1v) is 10.1. The zero-order valence-corrected chi connectivity index (χ0v) is 17.4. The van der Waals surface area contributed by atoms with E-state index in [4.69, 9.17) is 13.9 Å². The van der Waals surface area contributed by atoms with Crippen LogP contribution >= 0.6 is 0 Å². The van der Waals surface area contributed by atoms with E-state index in [1.807, 2.05) is 31.2 Å². The van der Waals surface area contributed by atoms with Crippen molar-refractivity contribution in [3.63, 3.8) is 0 Å². The van der Waals surface area contributed by atoms with E-state index in [0.717, 1.165) is 22.1 Å². The number of benzene rings is 2. The highest BCUT2D eigenvalue weighted by molar-refractivity contribution is 5.86. The molecule has 0 saturated carbocycles. The minimum Gasteiger partial charge on any atom is -0.477 e. The molecule has 6 nitrogen and oxygen atoms in total. The SMILES string of the molecule is COC(=O)CCc1cc2c(C)cc(=O)oc2c2c1OCN(C(C)c1ccccc1)C2. The van der Waals surface area contributed by atoms with Gasteiger partial charge in [-0.1, -0.05) is 30.3 Å². The van der Waals surface area contributed by atoms with E-state index < -0.39 is 0 Å². The highest BCUT2D eigenvalue weighted by atomic mass is 16.5. The average molecular weight is 407 g/mol. The Kier molecular flexibility index (Phi) is 5.59. The molecule has 0 aliphatic carbocycles. The summed E-state index contributed by atoms with van der Waals surface area (Å²) in [6, 6.07) is 13.8. The Morgan fingerprint density at radius 3 is 2.73 bits per heavy atom. The Morgan fingerprint density at radius 2 is 2.00 bits per heavy atom. The fraction of sp³-hybridized carbons (Fsp3) is 0.333. The lowest BCUT2D eigenvalue weighted by molar-refractivity contribution is -0.140. The number of carbonyl (C=O) groups is 1. The van der Waals surface area contributed by atoms with Crippen LogP contribution in [0, 0.1) is 6.92 Å². The van der Waals surface area contributed by atoms with Gasteiger partial charge in [-0.25, -0.2) is 4.79 Å². The van der Waals surface area contributed by atoms with Crippen molar-refractivity contribution in [1.82, 2.24) is 4.90 Å². The van der Waals surface area contributed by atoms with Crippen molar-refractivity contribution in [2.24, 2.45) is 0 Å². The molecular weight excluding hydrogens is 382 g/mol. The lowest BCUT2D eigenvalue weighted by Crippen LogP contribution is -2.35. The minimum absolute atomic E-state index is 0.129. The summed E-state index contributed by atoms with van der Waals surface area (Å²) in [5.74, 6) is 0.437. The third-order valence-electron chi connectivity index (χ3n) is 5.76. The van der Waals surface area contributed by atoms with E-state index in [1.54, 1.807) is 0 Å². The smallest absolute Gasteiger partial charge is 0.336 e. The van der Waals surface area contributed by atoms with E-state index in [2.05, 4.69) is 24.0 Å². The number of nitrogens with zero attached hydrogens (tertiary/aromatic N) is 1. The summed E-state index contributed by atoms with van der Waals surface area (Å²) in [5, 5.41) is 0.867. The molecule has 0 amide bonds. The molecule has 30 heavy (non-hydrogen) atoms. The fourth-order valence-corrected chi connectivity index (χ4v) is 3.99. The van der Waals surface area contributed by atoms with Crippen LogP contribution in [0.5, 0.6) is 5.75 Å². The molecule has 1 aliphatic heterocycles. The largest absolute Gasteiger partial charge is 0.477 e. The number of aryl methyl sites for hydroxylation is 2. The number of rotatable bonds is 5. The van der Waals surface area contributed by atoms with Gasteiger partial charge in [-0.05, 0) is 43.0 Å². The van der Waals surface area contributed by atoms with Crippen molar-refractivity contribution in [2.75, 3.05) is 13.8 Å². The summed E-state index contributed by atoms with van der Waals surface area (Å²) >= 11 is 0. The Balaban J connectivity index is 1.78. The number of esters is 1. The number of fused-ring (bicyclic) bond motifs is 3. The number of hydrogen-bond acceptors (Lipinski definition) is 6. The van der Waals surface area contributed by atoms with Gasteiger partial charge in [0.2, 0.25) is 0 Å². The quantitative estimate of drug-likeness (QED) is 0.468. The van der Waals surface area contributed by atoms with Gasteiger partial charge in [-0.2, -0.15) is 0 Å². The fourth-order valence-electron chi connectivity index (χ4n) is 3.99. The zero-order chi connectivity index (χ0) is 21.3. The second kappa shape index (κ2) is 8.32. The van der Waals surface area contributed by atoms with Crippen LogP contribution in [0.2, 0.25) is 0 Å². The van der Waals surface area contributed by atoms with Gasteiger partial charge in [0, 0.05) is 30.5 Å². The predicted molar refractivity (Wildman–Crippen MR) is 113 cm³/mol. The summed E-state index contributed by atoms with van der Waals surface area (Å²) in [6.45, 7) is 5.02. The molecule has 1 aliphatic rings. The third-order valence-corrected chi connectivity index (χ3v) is 5.76. The maximum absolute atomic E-state index is 12.1. The van der Waals surface area contributed by atoms with Crippen LogP contribution in [0.3, 0.4) is 0 Å². The first kappa shape index (κ1) is 20.2. The highest BCUT2D eigenvalue weighted by Gasteiger charge is 2.28. The van der Waals surface area contributed by atoms with E-state index >= 15 is 0 Å². The summed E-state index contributed by atoms with van der Waals surface area (Å²) in [6.07, 6.45) is 0.759. The summed E-state index contributed by atoms with van der Waals surface area (Å²) in [7, 11) is 1.39. The summed E-state index contributed by atoms with van der Waals surface area (Å²) < 4.78 is 16.6. The molecule has 6 heteroatoms.